The van der Waals surface area contributed by atoms with Gasteiger partial charge in [0.25, 0.3) is 0 Å². The molecule has 2 N–H and O–H groups in total. The van der Waals surface area contributed by atoms with Crippen LogP contribution in [0.4, 0.5) is 10.7 Å². The number of esters is 1. The quantitative estimate of drug-likeness (QED) is 0.196. The number of hydrogen-bond acceptors (Lipinski definition) is 6. The number of thioether (sulfide) groups is 1. The summed E-state index contributed by atoms with van der Waals surface area (Å²) in [4.78, 5) is 39.7. The molecular weight excluding hydrogens is 516 g/mol. The number of hydrogen-bond donors (Lipinski definition) is 2. The summed E-state index contributed by atoms with van der Waals surface area (Å²) < 4.78 is 5.01. The van der Waals surface area contributed by atoms with Crippen LogP contribution in [0, 0.1) is 0 Å². The van der Waals surface area contributed by atoms with Gasteiger partial charge in [0.2, 0.25) is 11.8 Å². The van der Waals surface area contributed by atoms with E-state index < -0.39 is 5.97 Å². The SMILES string of the molecule is COC(=O)c1c(NC(=O)CSc2cccc(NC(=O)Cc3ccc(Cl)cc3)c2)sc2c1CCCCC2. The van der Waals surface area contributed by atoms with Crippen LogP contribution in [0.25, 0.3) is 0 Å². The molecule has 0 aliphatic heterocycles. The molecule has 1 aliphatic rings. The highest BCUT2D eigenvalue weighted by atomic mass is 35.5. The lowest BCUT2D eigenvalue weighted by atomic mass is 10.1. The highest BCUT2D eigenvalue weighted by Gasteiger charge is 2.26. The fourth-order valence-electron chi connectivity index (χ4n) is 4.12. The third kappa shape index (κ3) is 6.90. The van der Waals surface area contributed by atoms with Crippen molar-refractivity contribution in [3.8, 4) is 0 Å². The van der Waals surface area contributed by atoms with Crippen molar-refractivity contribution in [2.24, 2.45) is 0 Å². The van der Waals surface area contributed by atoms with Gasteiger partial charge in [-0.3, -0.25) is 9.59 Å². The van der Waals surface area contributed by atoms with Crippen molar-refractivity contribution in [2.45, 2.75) is 43.4 Å². The Hall–Kier alpha value is -2.81. The first-order valence-electron chi connectivity index (χ1n) is 11.7. The molecule has 0 atom stereocenters. The lowest BCUT2D eigenvalue weighted by Crippen LogP contribution is -2.16. The van der Waals surface area contributed by atoms with E-state index in [1.165, 1.54) is 30.2 Å². The number of anilines is 2. The lowest BCUT2D eigenvalue weighted by Gasteiger charge is -2.09. The molecular formula is C27H27ClN2O4S2. The summed E-state index contributed by atoms with van der Waals surface area (Å²) in [5.74, 6) is -0.561. The molecule has 1 aliphatic carbocycles. The highest BCUT2D eigenvalue weighted by molar-refractivity contribution is 8.00. The van der Waals surface area contributed by atoms with Crippen molar-refractivity contribution in [3.05, 3.63) is 75.1 Å². The van der Waals surface area contributed by atoms with Gasteiger partial charge in [-0.2, -0.15) is 0 Å². The number of rotatable bonds is 8. The third-order valence-electron chi connectivity index (χ3n) is 5.83. The zero-order chi connectivity index (χ0) is 25.5. The number of nitrogens with one attached hydrogen (secondary N) is 2. The summed E-state index contributed by atoms with van der Waals surface area (Å²) in [6, 6.07) is 14.5. The second-order valence-electron chi connectivity index (χ2n) is 8.48. The molecule has 0 fully saturated rings. The van der Waals surface area contributed by atoms with Crippen LogP contribution >= 0.6 is 34.7 Å². The van der Waals surface area contributed by atoms with Gasteiger partial charge < -0.3 is 15.4 Å². The van der Waals surface area contributed by atoms with Gasteiger partial charge in [0.05, 0.1) is 24.8 Å². The van der Waals surface area contributed by atoms with E-state index in [9.17, 15) is 14.4 Å². The second kappa shape index (κ2) is 12.4. The van der Waals surface area contributed by atoms with Crippen LogP contribution in [0.15, 0.2) is 53.4 Å². The number of fused-ring (bicyclic) bond motifs is 1. The molecule has 2 aromatic carbocycles. The van der Waals surface area contributed by atoms with Crippen LogP contribution < -0.4 is 10.6 Å². The van der Waals surface area contributed by atoms with E-state index in [2.05, 4.69) is 10.6 Å². The molecule has 1 aromatic heterocycles. The molecule has 36 heavy (non-hydrogen) atoms. The number of ether oxygens (including phenoxy) is 1. The maximum absolute atomic E-state index is 12.8. The Morgan fingerprint density at radius 3 is 2.56 bits per heavy atom. The number of aryl methyl sites for hydroxylation is 1. The molecule has 0 radical (unpaired) electrons. The fraction of sp³-hybridized carbons (Fsp3) is 0.296. The van der Waals surface area contributed by atoms with E-state index in [0.717, 1.165) is 53.0 Å². The number of thiophene rings is 1. The standard InChI is InChI=1S/C27H27ClN2O4S2/c1-34-27(33)25-21-8-3-2-4-9-22(21)36-26(25)30-24(32)16-35-20-7-5-6-19(15-20)29-23(31)14-17-10-12-18(28)13-11-17/h5-7,10-13,15H,2-4,8-9,14,16H2,1H3,(H,29,31)(H,30,32). The van der Waals surface area contributed by atoms with Gasteiger partial charge in [-0.1, -0.05) is 36.2 Å². The molecule has 6 nitrogen and oxygen atoms in total. The minimum Gasteiger partial charge on any atom is -0.465 e. The zero-order valence-corrected chi connectivity index (χ0v) is 22.3. The van der Waals surface area contributed by atoms with Gasteiger partial charge in [-0.15, -0.1) is 23.1 Å². The van der Waals surface area contributed by atoms with E-state index in [4.69, 9.17) is 16.3 Å². The molecule has 9 heteroatoms. The van der Waals surface area contributed by atoms with Crippen LogP contribution in [0.1, 0.15) is 45.6 Å². The molecule has 1 heterocycles. The summed E-state index contributed by atoms with van der Waals surface area (Å²) in [7, 11) is 1.37. The predicted octanol–water partition coefficient (Wildman–Crippen LogP) is 6.37. The van der Waals surface area contributed by atoms with Gasteiger partial charge in [-0.25, -0.2) is 4.79 Å². The highest BCUT2D eigenvalue weighted by Crippen LogP contribution is 2.38. The Bertz CT molecular complexity index is 1260. The lowest BCUT2D eigenvalue weighted by molar-refractivity contribution is -0.115. The molecule has 0 spiro atoms. The van der Waals surface area contributed by atoms with Crippen molar-refractivity contribution in [2.75, 3.05) is 23.5 Å². The van der Waals surface area contributed by atoms with Crippen molar-refractivity contribution < 1.29 is 19.1 Å². The third-order valence-corrected chi connectivity index (χ3v) is 8.28. The van der Waals surface area contributed by atoms with Crippen molar-refractivity contribution >= 4 is 63.2 Å². The van der Waals surface area contributed by atoms with Crippen molar-refractivity contribution in [1.29, 1.82) is 0 Å². The Morgan fingerprint density at radius 2 is 1.78 bits per heavy atom. The summed E-state index contributed by atoms with van der Waals surface area (Å²) >= 11 is 8.75. The Kier molecular flexibility index (Phi) is 9.07. The number of methoxy groups -OCH3 is 1. The Morgan fingerprint density at radius 1 is 1.00 bits per heavy atom. The molecule has 4 rings (SSSR count). The van der Waals surface area contributed by atoms with E-state index in [1.54, 1.807) is 12.1 Å². The number of carbonyl (C=O) groups is 3. The largest absolute Gasteiger partial charge is 0.465 e. The zero-order valence-electron chi connectivity index (χ0n) is 19.9. The minimum atomic E-state index is -0.403. The monoisotopic (exact) mass is 542 g/mol. The van der Waals surface area contributed by atoms with E-state index >= 15 is 0 Å². The van der Waals surface area contributed by atoms with Crippen LogP contribution in [0.5, 0.6) is 0 Å². The van der Waals surface area contributed by atoms with Gasteiger partial charge in [0.1, 0.15) is 5.00 Å². The van der Waals surface area contributed by atoms with Crippen LogP contribution in [0.3, 0.4) is 0 Å². The van der Waals surface area contributed by atoms with Gasteiger partial charge >= 0.3 is 5.97 Å². The first-order chi connectivity index (χ1) is 17.4. The molecule has 3 aromatic rings. The molecule has 0 saturated heterocycles. The fourth-order valence-corrected chi connectivity index (χ4v) is 6.29. The van der Waals surface area contributed by atoms with Crippen molar-refractivity contribution in [3.63, 3.8) is 0 Å². The molecule has 0 bridgehead atoms. The van der Waals surface area contributed by atoms with Gasteiger partial charge in [-0.05, 0) is 67.1 Å². The van der Waals surface area contributed by atoms with Crippen LogP contribution in [-0.2, 0) is 33.6 Å². The topological polar surface area (TPSA) is 84.5 Å². The number of halogens is 1. The maximum atomic E-state index is 12.8. The number of amides is 2. The first kappa shape index (κ1) is 26.3. The normalized spacial score (nSPS) is 12.8. The summed E-state index contributed by atoms with van der Waals surface area (Å²) in [6.07, 6.45) is 5.25. The maximum Gasteiger partial charge on any atom is 0.341 e. The van der Waals surface area contributed by atoms with Gasteiger partial charge in [0.15, 0.2) is 0 Å². The average Bonchev–Trinajstić information content (AvgIpc) is 3.03. The van der Waals surface area contributed by atoms with Gasteiger partial charge in [0, 0.05) is 20.5 Å². The number of benzene rings is 2. The van der Waals surface area contributed by atoms with E-state index in [-0.39, 0.29) is 24.0 Å². The molecule has 2 amide bonds. The summed E-state index contributed by atoms with van der Waals surface area (Å²) in [6.45, 7) is 0. The van der Waals surface area contributed by atoms with Crippen LogP contribution in [-0.4, -0.2) is 30.6 Å². The number of carbonyl (C=O) groups excluding carboxylic acids is 3. The molecule has 0 unspecified atom stereocenters. The Labute approximate surface area is 223 Å². The smallest absolute Gasteiger partial charge is 0.341 e. The average molecular weight is 543 g/mol. The first-order valence-corrected chi connectivity index (χ1v) is 13.9. The molecule has 188 valence electrons. The predicted molar refractivity (Wildman–Crippen MR) is 146 cm³/mol. The minimum absolute atomic E-state index is 0.134. The van der Waals surface area contributed by atoms with E-state index in [1.807, 2.05) is 36.4 Å². The Balaban J connectivity index is 1.35. The summed E-state index contributed by atoms with van der Waals surface area (Å²) in [5.41, 5.74) is 3.06. The second-order valence-corrected chi connectivity index (χ2v) is 11.1. The van der Waals surface area contributed by atoms with Crippen molar-refractivity contribution in [1.82, 2.24) is 0 Å². The summed E-state index contributed by atoms with van der Waals surface area (Å²) in [5, 5.41) is 7.03. The van der Waals surface area contributed by atoms with E-state index in [0.29, 0.717) is 21.3 Å². The molecule has 0 saturated carbocycles. The van der Waals surface area contributed by atoms with Crippen LogP contribution in [0.2, 0.25) is 5.02 Å².